The van der Waals surface area contributed by atoms with Gasteiger partial charge < -0.3 is 10.2 Å². The van der Waals surface area contributed by atoms with Crippen LogP contribution in [0.25, 0.3) is 0 Å². The average Bonchev–Trinajstić information content (AvgIpc) is 2.37. The lowest BCUT2D eigenvalue weighted by Gasteiger charge is -2.35. The van der Waals surface area contributed by atoms with E-state index in [-0.39, 0.29) is 11.9 Å². The van der Waals surface area contributed by atoms with E-state index >= 15 is 0 Å². The van der Waals surface area contributed by atoms with Crippen molar-refractivity contribution in [3.63, 3.8) is 0 Å². The van der Waals surface area contributed by atoms with Crippen molar-refractivity contribution in [2.45, 2.75) is 46.1 Å². The third-order valence-electron chi connectivity index (χ3n) is 3.53. The summed E-state index contributed by atoms with van der Waals surface area (Å²) in [4.78, 5) is 22.2. The number of carbonyl (C=O) groups is 1. The molecule has 1 atom stereocenters. The predicted octanol–water partition coefficient (Wildman–Crippen LogP) is 2.11. The third kappa shape index (κ3) is 3.39. The molecule has 0 aromatic carbocycles. The molecule has 1 N–H and O–H groups in total. The molecule has 0 saturated carbocycles. The molecule has 0 aliphatic carbocycles. The minimum Gasteiger partial charge on any atom is -0.354 e. The van der Waals surface area contributed by atoms with Crippen molar-refractivity contribution in [1.82, 2.24) is 15.3 Å². The summed E-state index contributed by atoms with van der Waals surface area (Å²) in [5.74, 6) is 1.62. The maximum Gasteiger partial charge on any atom is 0.217 e. The highest BCUT2D eigenvalue weighted by molar-refractivity contribution is 6.30. The number of aryl methyl sites for hydroxylation is 1. The van der Waals surface area contributed by atoms with Gasteiger partial charge in [0.1, 0.15) is 16.8 Å². The number of amides is 1. The zero-order chi connectivity index (χ0) is 14.7. The van der Waals surface area contributed by atoms with Gasteiger partial charge in [-0.1, -0.05) is 18.5 Å². The number of hydrogen-bond acceptors (Lipinski definition) is 4. The number of rotatable bonds is 3. The summed E-state index contributed by atoms with van der Waals surface area (Å²) in [6.07, 6.45) is 2.85. The molecule has 1 saturated heterocycles. The zero-order valence-corrected chi connectivity index (χ0v) is 13.0. The lowest BCUT2D eigenvalue weighted by molar-refractivity contribution is -0.119. The molecule has 1 fully saturated rings. The zero-order valence-electron chi connectivity index (χ0n) is 12.2. The van der Waals surface area contributed by atoms with Crippen LogP contribution in [0.1, 0.15) is 38.1 Å². The van der Waals surface area contributed by atoms with Gasteiger partial charge in [-0.2, -0.15) is 0 Å². The second kappa shape index (κ2) is 6.39. The molecule has 0 spiro atoms. The van der Waals surface area contributed by atoms with E-state index in [1.54, 1.807) is 6.92 Å². The number of piperidine rings is 1. The van der Waals surface area contributed by atoms with E-state index in [0.717, 1.165) is 43.7 Å². The molecule has 20 heavy (non-hydrogen) atoms. The maximum absolute atomic E-state index is 11.2. The van der Waals surface area contributed by atoms with Gasteiger partial charge in [-0.15, -0.1) is 0 Å². The quantitative estimate of drug-likeness (QED) is 0.868. The number of aromatic nitrogens is 2. The molecule has 110 valence electrons. The fourth-order valence-electron chi connectivity index (χ4n) is 2.69. The van der Waals surface area contributed by atoms with Crippen LogP contribution in [-0.4, -0.2) is 35.0 Å². The van der Waals surface area contributed by atoms with Crippen LogP contribution in [0.3, 0.4) is 0 Å². The maximum atomic E-state index is 11.2. The van der Waals surface area contributed by atoms with Gasteiger partial charge in [0.05, 0.1) is 0 Å². The Balaban J connectivity index is 2.24. The molecular weight excluding hydrogens is 276 g/mol. The van der Waals surface area contributed by atoms with E-state index in [1.807, 2.05) is 6.92 Å². The van der Waals surface area contributed by atoms with E-state index in [1.165, 1.54) is 0 Å². The molecule has 1 amide bonds. The molecule has 1 unspecified atom stereocenters. The first-order valence-electron chi connectivity index (χ1n) is 7.06. The van der Waals surface area contributed by atoms with Crippen molar-refractivity contribution in [3.05, 3.63) is 16.5 Å². The predicted molar refractivity (Wildman–Crippen MR) is 80.2 cm³/mol. The van der Waals surface area contributed by atoms with Crippen LogP contribution in [0.2, 0.25) is 5.15 Å². The molecule has 6 heteroatoms. The van der Waals surface area contributed by atoms with Gasteiger partial charge in [0.15, 0.2) is 0 Å². The SMILES string of the molecule is CCc1c(Cl)nc(C)nc1N1CCCC(NC(C)=O)C1. The number of nitrogens with zero attached hydrogens (tertiary/aromatic N) is 3. The molecule has 0 bridgehead atoms. The number of anilines is 1. The summed E-state index contributed by atoms with van der Waals surface area (Å²) < 4.78 is 0. The summed E-state index contributed by atoms with van der Waals surface area (Å²) in [5.41, 5.74) is 0.987. The van der Waals surface area contributed by atoms with Crippen molar-refractivity contribution in [3.8, 4) is 0 Å². The van der Waals surface area contributed by atoms with Gasteiger partial charge in [-0.25, -0.2) is 9.97 Å². The normalized spacial score (nSPS) is 19.0. The Hall–Kier alpha value is -1.36. The van der Waals surface area contributed by atoms with E-state index in [9.17, 15) is 4.79 Å². The van der Waals surface area contributed by atoms with E-state index in [0.29, 0.717) is 11.0 Å². The van der Waals surface area contributed by atoms with Crippen LogP contribution < -0.4 is 10.2 Å². The lowest BCUT2D eigenvalue weighted by Crippen LogP contribution is -2.47. The van der Waals surface area contributed by atoms with Crippen LogP contribution >= 0.6 is 11.6 Å². The monoisotopic (exact) mass is 296 g/mol. The number of carbonyl (C=O) groups excluding carboxylic acids is 1. The minimum atomic E-state index is 0.0180. The van der Waals surface area contributed by atoms with Gasteiger partial charge in [0.2, 0.25) is 5.91 Å². The molecular formula is C14H21ClN4O. The molecule has 1 aliphatic rings. The summed E-state index contributed by atoms with van der Waals surface area (Å²) in [6, 6.07) is 0.181. The second-order valence-corrected chi connectivity index (χ2v) is 5.56. The minimum absolute atomic E-state index is 0.0180. The fourth-order valence-corrected chi connectivity index (χ4v) is 3.03. The van der Waals surface area contributed by atoms with E-state index in [4.69, 9.17) is 11.6 Å². The summed E-state index contributed by atoms with van der Waals surface area (Å²) in [5, 5.41) is 3.53. The second-order valence-electron chi connectivity index (χ2n) is 5.20. The Morgan fingerprint density at radius 2 is 2.25 bits per heavy atom. The highest BCUT2D eigenvalue weighted by atomic mass is 35.5. The molecule has 0 radical (unpaired) electrons. The Morgan fingerprint density at radius 1 is 1.50 bits per heavy atom. The fraction of sp³-hybridized carbons (Fsp3) is 0.643. The Labute approximate surface area is 124 Å². The molecule has 1 aliphatic heterocycles. The summed E-state index contributed by atoms with van der Waals surface area (Å²) >= 11 is 6.23. The Kier molecular flexibility index (Phi) is 4.81. The van der Waals surface area contributed by atoms with Crippen molar-refractivity contribution >= 4 is 23.3 Å². The number of halogens is 1. The van der Waals surface area contributed by atoms with Crippen LogP contribution in [0, 0.1) is 6.92 Å². The van der Waals surface area contributed by atoms with Crippen molar-refractivity contribution in [2.75, 3.05) is 18.0 Å². The molecule has 1 aromatic heterocycles. The van der Waals surface area contributed by atoms with Crippen molar-refractivity contribution < 1.29 is 4.79 Å². The average molecular weight is 297 g/mol. The molecule has 2 heterocycles. The standard InChI is InChI=1S/C14H21ClN4O/c1-4-12-13(15)16-9(2)17-14(12)19-7-5-6-11(8-19)18-10(3)20/h11H,4-8H2,1-3H3,(H,18,20). The van der Waals surface area contributed by atoms with Gasteiger partial charge in [-0.05, 0) is 26.2 Å². The van der Waals surface area contributed by atoms with Crippen molar-refractivity contribution in [2.24, 2.45) is 0 Å². The summed E-state index contributed by atoms with van der Waals surface area (Å²) in [6.45, 7) is 7.18. The Morgan fingerprint density at radius 3 is 2.90 bits per heavy atom. The van der Waals surface area contributed by atoms with Crippen molar-refractivity contribution in [1.29, 1.82) is 0 Å². The molecule has 1 aromatic rings. The van der Waals surface area contributed by atoms with Gasteiger partial charge in [-0.3, -0.25) is 4.79 Å². The van der Waals surface area contributed by atoms with Gasteiger partial charge >= 0.3 is 0 Å². The number of hydrogen-bond donors (Lipinski definition) is 1. The summed E-state index contributed by atoms with van der Waals surface area (Å²) in [7, 11) is 0. The molecule has 5 nitrogen and oxygen atoms in total. The lowest BCUT2D eigenvalue weighted by atomic mass is 10.0. The van der Waals surface area contributed by atoms with Gasteiger partial charge in [0, 0.05) is 31.6 Å². The van der Waals surface area contributed by atoms with Crippen LogP contribution in [0.5, 0.6) is 0 Å². The van der Waals surface area contributed by atoms with Crippen LogP contribution in [-0.2, 0) is 11.2 Å². The topological polar surface area (TPSA) is 58.1 Å². The first-order valence-corrected chi connectivity index (χ1v) is 7.44. The van der Waals surface area contributed by atoms with Crippen LogP contribution in [0.4, 0.5) is 5.82 Å². The van der Waals surface area contributed by atoms with E-state index < -0.39 is 0 Å². The highest BCUT2D eigenvalue weighted by Gasteiger charge is 2.24. The van der Waals surface area contributed by atoms with Gasteiger partial charge in [0.25, 0.3) is 0 Å². The van der Waals surface area contributed by atoms with Crippen LogP contribution in [0.15, 0.2) is 0 Å². The first kappa shape index (κ1) is 15.0. The smallest absolute Gasteiger partial charge is 0.217 e. The largest absolute Gasteiger partial charge is 0.354 e. The van der Waals surface area contributed by atoms with E-state index in [2.05, 4.69) is 27.1 Å². The molecule has 2 rings (SSSR count). The Bertz CT molecular complexity index is 506. The number of nitrogens with one attached hydrogen (secondary N) is 1. The first-order chi connectivity index (χ1) is 9.51. The third-order valence-corrected chi connectivity index (χ3v) is 3.84. The highest BCUT2D eigenvalue weighted by Crippen LogP contribution is 2.27.